The van der Waals surface area contributed by atoms with Gasteiger partial charge in [-0.15, -0.1) is 0 Å². The number of carbonyl (C=O) groups excluding carboxylic acids is 1. The summed E-state index contributed by atoms with van der Waals surface area (Å²) in [6.07, 6.45) is -3.20. The van der Waals surface area contributed by atoms with Gasteiger partial charge in [-0.1, -0.05) is 6.07 Å². The molecule has 0 bridgehead atoms. The first-order valence-corrected chi connectivity index (χ1v) is 5.49. The van der Waals surface area contributed by atoms with Crippen molar-refractivity contribution in [2.45, 2.75) is 13.1 Å². The number of aromatic nitrogens is 1. The molecule has 2 aromatic rings. The van der Waals surface area contributed by atoms with Crippen molar-refractivity contribution < 1.29 is 22.7 Å². The number of nitrogen functional groups attached to an aromatic ring is 1. The molecule has 0 aliphatic carbocycles. The van der Waals surface area contributed by atoms with Crippen LogP contribution in [0.5, 0.6) is 0 Å². The lowest BCUT2D eigenvalue weighted by Gasteiger charge is -2.07. The molecule has 19 heavy (non-hydrogen) atoms. The van der Waals surface area contributed by atoms with Crippen molar-refractivity contribution in [1.82, 2.24) is 4.68 Å². The number of hydrogen-bond acceptors (Lipinski definition) is 3. The van der Waals surface area contributed by atoms with Gasteiger partial charge in [-0.3, -0.25) is 4.68 Å². The van der Waals surface area contributed by atoms with Gasteiger partial charge in [-0.05, 0) is 19.1 Å². The van der Waals surface area contributed by atoms with Gasteiger partial charge in [0.2, 0.25) is 0 Å². The van der Waals surface area contributed by atoms with Crippen LogP contribution in [0.4, 0.5) is 13.2 Å². The summed E-state index contributed by atoms with van der Waals surface area (Å²) in [6, 6.07) is 3.02. The standard InChI is InChI=1S/C12H11F3N2O2/c1-2-19-11(18)9-6-17(16)10-5-7(12(13,14)15)3-4-8(9)10/h3-6H,2,16H2,1H3. The summed E-state index contributed by atoms with van der Waals surface area (Å²) in [5.41, 5.74) is -0.550. The summed E-state index contributed by atoms with van der Waals surface area (Å²) >= 11 is 0. The van der Waals surface area contributed by atoms with E-state index in [9.17, 15) is 18.0 Å². The fourth-order valence-electron chi connectivity index (χ4n) is 1.80. The molecule has 0 spiro atoms. The molecule has 0 radical (unpaired) electrons. The summed E-state index contributed by atoms with van der Waals surface area (Å²) in [5, 5.41) is 0.328. The van der Waals surface area contributed by atoms with Gasteiger partial charge in [0.15, 0.2) is 0 Å². The molecule has 0 atom stereocenters. The van der Waals surface area contributed by atoms with Crippen LogP contribution in [0.1, 0.15) is 22.8 Å². The maximum Gasteiger partial charge on any atom is 0.416 e. The highest BCUT2D eigenvalue weighted by Crippen LogP contribution is 2.32. The van der Waals surface area contributed by atoms with Crippen LogP contribution in [0.25, 0.3) is 10.9 Å². The lowest BCUT2D eigenvalue weighted by Crippen LogP contribution is -2.08. The Kier molecular flexibility index (Phi) is 3.13. The summed E-state index contributed by atoms with van der Waals surface area (Å²) in [5.74, 6) is 4.95. The third-order valence-corrected chi connectivity index (χ3v) is 2.66. The van der Waals surface area contributed by atoms with Crippen molar-refractivity contribution in [3.8, 4) is 0 Å². The van der Waals surface area contributed by atoms with Gasteiger partial charge in [-0.2, -0.15) is 13.2 Å². The molecule has 0 saturated carbocycles. The predicted octanol–water partition coefficient (Wildman–Crippen LogP) is 2.55. The van der Waals surface area contributed by atoms with Gasteiger partial charge in [0.25, 0.3) is 0 Å². The third kappa shape index (κ3) is 2.35. The van der Waals surface area contributed by atoms with E-state index in [4.69, 9.17) is 10.6 Å². The third-order valence-electron chi connectivity index (χ3n) is 2.66. The van der Waals surface area contributed by atoms with E-state index >= 15 is 0 Å². The molecule has 7 heteroatoms. The van der Waals surface area contributed by atoms with Crippen LogP contribution in [0.15, 0.2) is 24.4 Å². The molecule has 1 aromatic carbocycles. The van der Waals surface area contributed by atoms with Crippen molar-refractivity contribution in [3.63, 3.8) is 0 Å². The van der Waals surface area contributed by atoms with Gasteiger partial charge in [0, 0.05) is 11.6 Å². The molecular weight excluding hydrogens is 261 g/mol. The lowest BCUT2D eigenvalue weighted by atomic mass is 10.1. The Labute approximate surface area is 106 Å². The Hall–Kier alpha value is -2.18. The van der Waals surface area contributed by atoms with E-state index in [0.29, 0.717) is 5.39 Å². The number of fused-ring (bicyclic) bond motifs is 1. The van der Waals surface area contributed by atoms with Crippen LogP contribution in [-0.2, 0) is 10.9 Å². The smallest absolute Gasteiger partial charge is 0.416 e. The zero-order chi connectivity index (χ0) is 14.2. The van der Waals surface area contributed by atoms with Crippen molar-refractivity contribution in [2.75, 3.05) is 12.4 Å². The highest BCUT2D eigenvalue weighted by atomic mass is 19.4. The molecule has 4 nitrogen and oxygen atoms in total. The lowest BCUT2D eigenvalue weighted by molar-refractivity contribution is -0.137. The largest absolute Gasteiger partial charge is 0.462 e. The number of hydrogen-bond donors (Lipinski definition) is 1. The van der Waals surface area contributed by atoms with Crippen molar-refractivity contribution in [3.05, 3.63) is 35.5 Å². The van der Waals surface area contributed by atoms with Crippen LogP contribution in [-0.4, -0.2) is 17.3 Å². The minimum absolute atomic E-state index is 0.123. The van der Waals surface area contributed by atoms with Crippen molar-refractivity contribution >= 4 is 16.9 Å². The maximum absolute atomic E-state index is 12.6. The number of esters is 1. The van der Waals surface area contributed by atoms with Crippen molar-refractivity contribution in [2.24, 2.45) is 0 Å². The number of nitrogens with two attached hydrogens (primary N) is 1. The quantitative estimate of drug-likeness (QED) is 0.675. The van der Waals surface area contributed by atoms with E-state index in [2.05, 4.69) is 0 Å². The van der Waals surface area contributed by atoms with Crippen LogP contribution in [0.2, 0.25) is 0 Å². The normalized spacial score (nSPS) is 11.8. The Balaban J connectivity index is 2.58. The van der Waals surface area contributed by atoms with Crippen LogP contribution >= 0.6 is 0 Å². The average molecular weight is 272 g/mol. The number of benzene rings is 1. The second-order valence-electron chi connectivity index (χ2n) is 3.90. The molecule has 0 saturated heterocycles. The number of nitrogens with zero attached hydrogens (tertiary/aromatic N) is 1. The van der Waals surface area contributed by atoms with E-state index in [1.54, 1.807) is 6.92 Å². The van der Waals surface area contributed by atoms with Gasteiger partial charge in [-0.25, -0.2) is 4.79 Å². The molecule has 0 aliphatic heterocycles. The van der Waals surface area contributed by atoms with Gasteiger partial charge in [0.05, 0.1) is 23.3 Å². The van der Waals surface area contributed by atoms with Crippen molar-refractivity contribution in [1.29, 1.82) is 0 Å². The Morgan fingerprint density at radius 2 is 2.11 bits per heavy atom. The van der Waals surface area contributed by atoms with E-state index in [1.807, 2.05) is 0 Å². The molecule has 2 rings (SSSR count). The molecule has 0 unspecified atom stereocenters. The van der Waals surface area contributed by atoms with Gasteiger partial charge >= 0.3 is 12.1 Å². The minimum Gasteiger partial charge on any atom is -0.462 e. The maximum atomic E-state index is 12.6. The second-order valence-corrected chi connectivity index (χ2v) is 3.90. The van der Waals surface area contributed by atoms with Gasteiger partial charge in [0.1, 0.15) is 0 Å². The van der Waals surface area contributed by atoms with E-state index < -0.39 is 17.7 Å². The highest BCUT2D eigenvalue weighted by Gasteiger charge is 2.31. The zero-order valence-corrected chi connectivity index (χ0v) is 9.99. The number of rotatable bonds is 2. The first-order valence-electron chi connectivity index (χ1n) is 5.49. The molecule has 0 amide bonds. The first-order chi connectivity index (χ1) is 8.84. The highest BCUT2D eigenvalue weighted by molar-refractivity contribution is 6.04. The SMILES string of the molecule is CCOC(=O)c1cn(N)c2cc(C(F)(F)F)ccc12. The van der Waals surface area contributed by atoms with Gasteiger partial charge < -0.3 is 10.6 Å². The first kappa shape index (κ1) is 13.3. The Morgan fingerprint density at radius 1 is 1.42 bits per heavy atom. The zero-order valence-electron chi connectivity index (χ0n) is 9.99. The van der Waals surface area contributed by atoms with E-state index in [0.717, 1.165) is 16.8 Å². The number of halogens is 3. The molecule has 0 fully saturated rings. The molecule has 1 aromatic heterocycles. The molecule has 1 heterocycles. The molecule has 102 valence electrons. The fourth-order valence-corrected chi connectivity index (χ4v) is 1.80. The fraction of sp³-hybridized carbons (Fsp3) is 0.250. The predicted molar refractivity (Wildman–Crippen MR) is 63.0 cm³/mol. The summed E-state index contributed by atoms with van der Waals surface area (Å²) in [4.78, 5) is 11.6. The number of alkyl halides is 3. The molecule has 0 aliphatic rings. The minimum atomic E-state index is -4.46. The van der Waals surface area contributed by atoms with E-state index in [1.165, 1.54) is 12.3 Å². The summed E-state index contributed by atoms with van der Waals surface area (Å²) in [6.45, 7) is 1.82. The summed E-state index contributed by atoms with van der Waals surface area (Å²) < 4.78 is 43.6. The summed E-state index contributed by atoms with van der Waals surface area (Å²) in [7, 11) is 0. The van der Waals surface area contributed by atoms with Crippen LogP contribution < -0.4 is 5.84 Å². The van der Waals surface area contributed by atoms with Crippen LogP contribution in [0.3, 0.4) is 0 Å². The molecular formula is C12H11F3N2O2. The Bertz CT molecular complexity index is 632. The topological polar surface area (TPSA) is 57.2 Å². The van der Waals surface area contributed by atoms with E-state index in [-0.39, 0.29) is 17.7 Å². The number of carbonyl (C=O) groups is 1. The molecule has 2 N–H and O–H groups in total. The Morgan fingerprint density at radius 3 is 2.68 bits per heavy atom. The second kappa shape index (κ2) is 4.49. The monoisotopic (exact) mass is 272 g/mol. The van der Waals surface area contributed by atoms with Crippen LogP contribution in [0, 0.1) is 0 Å². The number of ether oxygens (including phenoxy) is 1. The average Bonchev–Trinajstić information content (AvgIpc) is 2.66.